The summed E-state index contributed by atoms with van der Waals surface area (Å²) < 4.78 is 17.7. The Kier molecular flexibility index (Phi) is 10.3. The molecule has 5 rings (SSSR count). The molecule has 0 aliphatic carbocycles. The molecule has 4 aromatic rings. The summed E-state index contributed by atoms with van der Waals surface area (Å²) in [5.41, 5.74) is 5.60. The number of nitrogens with zero attached hydrogens (tertiary/aromatic N) is 4. The molecule has 0 bridgehead atoms. The topological polar surface area (TPSA) is 176 Å². The van der Waals surface area contributed by atoms with Gasteiger partial charge in [-0.25, -0.2) is 30.6 Å². The molecule has 1 saturated heterocycles. The van der Waals surface area contributed by atoms with Crippen LogP contribution in [0, 0.1) is 0 Å². The number of nitrogen functional groups attached to an aromatic ring is 1. The van der Waals surface area contributed by atoms with Crippen molar-refractivity contribution in [3.05, 3.63) is 53.8 Å². The van der Waals surface area contributed by atoms with E-state index in [9.17, 15) is 9.59 Å². The summed E-state index contributed by atoms with van der Waals surface area (Å²) in [4.78, 5) is 43.3. The van der Waals surface area contributed by atoms with Crippen LogP contribution in [-0.4, -0.2) is 64.3 Å². The van der Waals surface area contributed by atoms with E-state index in [4.69, 9.17) is 25.0 Å². The largest absolute Gasteiger partial charge is 0.477 e. The molecule has 0 atom stereocenters. The van der Waals surface area contributed by atoms with Crippen LogP contribution in [-0.2, 0) is 4.74 Å². The van der Waals surface area contributed by atoms with Crippen LogP contribution in [0.15, 0.2) is 48.2 Å². The van der Waals surface area contributed by atoms with Crippen molar-refractivity contribution in [1.82, 2.24) is 30.7 Å². The SMILES string of the molecule is CCCOc1ncccc1-c1csc(-c2cc(NC(=O)NCC)ncc2-c2cc(C(=O)NN)cnc2OC2CCOCC2)n1. The Morgan fingerprint density at radius 2 is 1.89 bits per heavy atom. The number of rotatable bonds is 11. The van der Waals surface area contributed by atoms with E-state index >= 15 is 0 Å². The van der Waals surface area contributed by atoms with Crippen molar-refractivity contribution in [2.45, 2.75) is 39.2 Å². The third kappa shape index (κ3) is 7.27. The average molecular weight is 619 g/mol. The lowest BCUT2D eigenvalue weighted by molar-refractivity contribution is 0.0240. The summed E-state index contributed by atoms with van der Waals surface area (Å²) >= 11 is 1.41. The third-order valence-electron chi connectivity index (χ3n) is 6.69. The Hall–Kier alpha value is -4.66. The van der Waals surface area contributed by atoms with E-state index in [2.05, 4.69) is 31.0 Å². The van der Waals surface area contributed by atoms with E-state index in [0.29, 0.717) is 84.2 Å². The minimum absolute atomic E-state index is 0.113. The second kappa shape index (κ2) is 14.7. The number of amides is 3. The molecular formula is C30H34N8O5S. The first kappa shape index (κ1) is 30.8. The van der Waals surface area contributed by atoms with Crippen LogP contribution >= 0.6 is 11.3 Å². The molecule has 230 valence electrons. The van der Waals surface area contributed by atoms with Crippen molar-refractivity contribution in [2.24, 2.45) is 5.84 Å². The fourth-order valence-corrected chi connectivity index (χ4v) is 5.41. The van der Waals surface area contributed by atoms with E-state index in [0.717, 1.165) is 12.0 Å². The first-order chi connectivity index (χ1) is 21.5. The summed E-state index contributed by atoms with van der Waals surface area (Å²) in [6.45, 7) is 6.01. The summed E-state index contributed by atoms with van der Waals surface area (Å²) in [5, 5.41) is 8.03. The highest BCUT2D eigenvalue weighted by Gasteiger charge is 2.24. The van der Waals surface area contributed by atoms with Gasteiger partial charge in [0, 0.05) is 60.0 Å². The van der Waals surface area contributed by atoms with E-state index in [-0.39, 0.29) is 11.7 Å². The fraction of sp³-hybridized carbons (Fsp3) is 0.333. The highest BCUT2D eigenvalue weighted by Crippen LogP contribution is 2.41. The number of carbonyl (C=O) groups excluding carboxylic acids is 2. The van der Waals surface area contributed by atoms with Crippen LogP contribution in [0.4, 0.5) is 10.6 Å². The zero-order chi connectivity index (χ0) is 30.9. The van der Waals surface area contributed by atoms with Gasteiger partial charge in [0.15, 0.2) is 0 Å². The summed E-state index contributed by atoms with van der Waals surface area (Å²) in [6, 6.07) is 6.74. The van der Waals surface area contributed by atoms with Crippen LogP contribution in [0.2, 0.25) is 0 Å². The standard InChI is InChI=1S/C30H34N8O5S/c1-3-10-42-27-20(6-5-9-33-27)24-17-44-29(36-24)22-14-25(37-30(40)32-4-2)34-16-23(22)21-13-18(26(39)38-31)15-35-28(21)43-19-7-11-41-12-8-19/h5-6,9,13-17,19H,3-4,7-8,10-12,31H2,1-2H3,(H,38,39)(H2,32,34,37,40). The van der Waals surface area contributed by atoms with E-state index in [1.54, 1.807) is 24.5 Å². The average Bonchev–Trinajstić information content (AvgIpc) is 3.54. The Morgan fingerprint density at radius 3 is 2.66 bits per heavy atom. The smallest absolute Gasteiger partial charge is 0.320 e. The normalized spacial score (nSPS) is 13.2. The van der Waals surface area contributed by atoms with Gasteiger partial charge in [0.2, 0.25) is 11.8 Å². The predicted molar refractivity (Wildman–Crippen MR) is 166 cm³/mol. The number of hydrogen-bond acceptors (Lipinski definition) is 11. The Morgan fingerprint density at radius 1 is 1.05 bits per heavy atom. The Balaban J connectivity index is 1.63. The van der Waals surface area contributed by atoms with E-state index < -0.39 is 11.9 Å². The summed E-state index contributed by atoms with van der Waals surface area (Å²) in [5.74, 6) is 6.07. The number of hydrazine groups is 1. The minimum atomic E-state index is -0.506. The number of carbonyl (C=O) groups is 2. The molecule has 1 aliphatic heterocycles. The molecule has 0 saturated carbocycles. The van der Waals surface area contributed by atoms with Crippen molar-refractivity contribution in [2.75, 3.05) is 31.7 Å². The number of nitrogens with two attached hydrogens (primary N) is 1. The van der Waals surface area contributed by atoms with Crippen molar-refractivity contribution < 1.29 is 23.8 Å². The number of ether oxygens (including phenoxy) is 3. The minimum Gasteiger partial charge on any atom is -0.477 e. The van der Waals surface area contributed by atoms with Gasteiger partial charge in [-0.05, 0) is 37.6 Å². The molecule has 1 aliphatic rings. The lowest BCUT2D eigenvalue weighted by Gasteiger charge is -2.24. The number of pyridine rings is 3. The van der Waals surface area contributed by atoms with Crippen molar-refractivity contribution in [3.8, 4) is 44.7 Å². The van der Waals surface area contributed by atoms with Crippen LogP contribution in [0.3, 0.4) is 0 Å². The Bertz CT molecular complexity index is 1610. The molecular weight excluding hydrogens is 584 g/mol. The van der Waals surface area contributed by atoms with Crippen LogP contribution in [0.5, 0.6) is 11.8 Å². The summed E-state index contributed by atoms with van der Waals surface area (Å²) in [6.07, 6.45) is 6.84. The zero-order valence-electron chi connectivity index (χ0n) is 24.5. The maximum atomic E-state index is 12.5. The van der Waals surface area contributed by atoms with Crippen molar-refractivity contribution in [3.63, 3.8) is 0 Å². The molecule has 1 fully saturated rings. The van der Waals surface area contributed by atoms with Gasteiger partial charge >= 0.3 is 6.03 Å². The molecule has 4 aromatic heterocycles. The zero-order valence-corrected chi connectivity index (χ0v) is 25.3. The molecule has 0 aromatic carbocycles. The van der Waals surface area contributed by atoms with Gasteiger partial charge in [-0.2, -0.15) is 0 Å². The number of hydrogen-bond donors (Lipinski definition) is 4. The van der Waals surface area contributed by atoms with Crippen LogP contribution < -0.4 is 31.4 Å². The van der Waals surface area contributed by atoms with E-state index in [1.807, 2.05) is 31.4 Å². The number of thiazole rings is 1. The molecule has 5 N–H and O–H groups in total. The molecule has 0 spiro atoms. The second-order valence-electron chi connectivity index (χ2n) is 9.82. The molecule has 0 unspecified atom stereocenters. The summed E-state index contributed by atoms with van der Waals surface area (Å²) in [7, 11) is 0. The maximum Gasteiger partial charge on any atom is 0.320 e. The van der Waals surface area contributed by atoms with Gasteiger partial charge in [-0.3, -0.25) is 15.5 Å². The Labute approximate surface area is 258 Å². The maximum absolute atomic E-state index is 12.5. The van der Waals surface area contributed by atoms with Crippen LogP contribution in [0.25, 0.3) is 33.0 Å². The number of aromatic nitrogens is 4. The molecule has 5 heterocycles. The third-order valence-corrected chi connectivity index (χ3v) is 7.56. The monoisotopic (exact) mass is 618 g/mol. The molecule has 3 amide bonds. The molecule has 0 radical (unpaired) electrons. The van der Waals surface area contributed by atoms with E-state index in [1.165, 1.54) is 17.5 Å². The van der Waals surface area contributed by atoms with Crippen molar-refractivity contribution in [1.29, 1.82) is 0 Å². The van der Waals surface area contributed by atoms with Crippen molar-refractivity contribution >= 4 is 29.1 Å². The van der Waals surface area contributed by atoms with Gasteiger partial charge < -0.3 is 19.5 Å². The highest BCUT2D eigenvalue weighted by atomic mass is 32.1. The first-order valence-electron chi connectivity index (χ1n) is 14.3. The lowest BCUT2D eigenvalue weighted by atomic mass is 10.0. The van der Waals surface area contributed by atoms with Gasteiger partial charge in [0.05, 0.1) is 36.6 Å². The van der Waals surface area contributed by atoms with Gasteiger partial charge in [0.25, 0.3) is 5.91 Å². The molecule has 14 heteroatoms. The first-order valence-corrected chi connectivity index (χ1v) is 15.2. The van der Waals surface area contributed by atoms with Gasteiger partial charge in [-0.1, -0.05) is 6.92 Å². The number of anilines is 1. The van der Waals surface area contributed by atoms with Crippen LogP contribution in [0.1, 0.15) is 43.5 Å². The fourth-order valence-electron chi connectivity index (χ4n) is 4.56. The lowest BCUT2D eigenvalue weighted by Crippen LogP contribution is -2.30. The molecule has 44 heavy (non-hydrogen) atoms. The van der Waals surface area contributed by atoms with Gasteiger partial charge in [0.1, 0.15) is 16.9 Å². The number of nitrogens with one attached hydrogen (secondary N) is 3. The molecule has 13 nitrogen and oxygen atoms in total. The predicted octanol–water partition coefficient (Wildman–Crippen LogP) is 4.42. The number of urea groups is 1. The second-order valence-corrected chi connectivity index (χ2v) is 10.7. The quantitative estimate of drug-likeness (QED) is 0.107. The highest BCUT2D eigenvalue weighted by molar-refractivity contribution is 7.13. The van der Waals surface area contributed by atoms with Gasteiger partial charge in [-0.15, -0.1) is 11.3 Å².